The van der Waals surface area contributed by atoms with Gasteiger partial charge in [-0.05, 0) is 44.3 Å². The number of anilines is 1. The molecule has 0 radical (unpaired) electrons. The van der Waals surface area contributed by atoms with Crippen molar-refractivity contribution >= 4 is 17.3 Å². The van der Waals surface area contributed by atoms with E-state index in [2.05, 4.69) is 68.3 Å². The summed E-state index contributed by atoms with van der Waals surface area (Å²) in [4.78, 5) is 4.38. The largest absolute Gasteiger partial charge is 0.372 e. The average molecular weight is 298 g/mol. The number of hydrogen-bond acceptors (Lipinski definition) is 3. The summed E-state index contributed by atoms with van der Waals surface area (Å²) in [6.45, 7) is 8.31. The van der Waals surface area contributed by atoms with Crippen LogP contribution < -0.4 is 10.2 Å². The van der Waals surface area contributed by atoms with Gasteiger partial charge in [-0.25, -0.2) is 0 Å². The van der Waals surface area contributed by atoms with E-state index in [-0.39, 0.29) is 0 Å². The van der Waals surface area contributed by atoms with E-state index in [1.165, 1.54) is 5.56 Å². The molecule has 4 heteroatoms. The SMILES string of the molecule is CC(C)CNCc1ccc(N(C)CCN(C)C)c(Cl)c1. The monoisotopic (exact) mass is 297 g/mol. The zero-order chi connectivity index (χ0) is 15.1. The highest BCUT2D eigenvalue weighted by Crippen LogP contribution is 2.26. The van der Waals surface area contributed by atoms with Crippen LogP contribution in [0, 0.1) is 5.92 Å². The molecule has 0 unspecified atom stereocenters. The second kappa shape index (κ2) is 8.50. The van der Waals surface area contributed by atoms with Gasteiger partial charge >= 0.3 is 0 Å². The first kappa shape index (κ1) is 17.3. The van der Waals surface area contributed by atoms with Crippen LogP contribution in [0.5, 0.6) is 0 Å². The van der Waals surface area contributed by atoms with E-state index in [1.807, 2.05) is 0 Å². The molecule has 0 saturated heterocycles. The highest BCUT2D eigenvalue weighted by atomic mass is 35.5. The van der Waals surface area contributed by atoms with Crippen molar-refractivity contribution in [3.8, 4) is 0 Å². The molecule has 1 N–H and O–H groups in total. The molecule has 0 atom stereocenters. The van der Waals surface area contributed by atoms with E-state index in [4.69, 9.17) is 11.6 Å². The van der Waals surface area contributed by atoms with Crippen molar-refractivity contribution in [2.45, 2.75) is 20.4 Å². The smallest absolute Gasteiger partial charge is 0.0642 e. The van der Waals surface area contributed by atoms with Crippen LogP contribution in [0.4, 0.5) is 5.69 Å². The number of nitrogens with one attached hydrogen (secondary N) is 1. The Bertz CT molecular complexity index is 405. The molecule has 0 heterocycles. The normalized spacial score (nSPS) is 11.4. The molecule has 0 aliphatic carbocycles. The van der Waals surface area contributed by atoms with Gasteiger partial charge in [0.25, 0.3) is 0 Å². The predicted molar refractivity (Wildman–Crippen MR) is 89.8 cm³/mol. The van der Waals surface area contributed by atoms with Crippen LogP contribution in [0.1, 0.15) is 19.4 Å². The van der Waals surface area contributed by atoms with Gasteiger partial charge in [-0.2, -0.15) is 0 Å². The molecule has 0 aliphatic heterocycles. The third kappa shape index (κ3) is 6.12. The van der Waals surface area contributed by atoms with Gasteiger partial charge in [-0.1, -0.05) is 31.5 Å². The van der Waals surface area contributed by atoms with Crippen molar-refractivity contribution in [1.82, 2.24) is 10.2 Å². The van der Waals surface area contributed by atoms with Gasteiger partial charge < -0.3 is 15.1 Å². The van der Waals surface area contributed by atoms with Crippen LogP contribution in [0.25, 0.3) is 0 Å². The summed E-state index contributed by atoms with van der Waals surface area (Å²) in [5.74, 6) is 0.668. The maximum Gasteiger partial charge on any atom is 0.0642 e. The fourth-order valence-electron chi connectivity index (χ4n) is 1.95. The molecule has 1 rings (SSSR count). The molecular weight excluding hydrogens is 270 g/mol. The average Bonchev–Trinajstić information content (AvgIpc) is 2.35. The van der Waals surface area contributed by atoms with Gasteiger partial charge in [-0.15, -0.1) is 0 Å². The molecule has 0 fully saturated rings. The van der Waals surface area contributed by atoms with Crippen LogP contribution in [-0.2, 0) is 6.54 Å². The zero-order valence-corrected chi connectivity index (χ0v) is 14.2. The third-order valence-electron chi connectivity index (χ3n) is 3.19. The Morgan fingerprint density at radius 1 is 1.15 bits per heavy atom. The number of benzene rings is 1. The van der Waals surface area contributed by atoms with Crippen molar-refractivity contribution < 1.29 is 0 Å². The minimum atomic E-state index is 0.668. The summed E-state index contributed by atoms with van der Waals surface area (Å²) >= 11 is 6.40. The lowest BCUT2D eigenvalue weighted by molar-refractivity contribution is 0.416. The van der Waals surface area contributed by atoms with Crippen molar-refractivity contribution in [2.75, 3.05) is 45.7 Å². The second-order valence-corrected chi connectivity index (χ2v) is 6.44. The lowest BCUT2D eigenvalue weighted by Gasteiger charge is -2.23. The highest BCUT2D eigenvalue weighted by Gasteiger charge is 2.07. The van der Waals surface area contributed by atoms with Gasteiger partial charge in [0.05, 0.1) is 10.7 Å². The molecule has 0 saturated carbocycles. The van der Waals surface area contributed by atoms with Crippen LogP contribution >= 0.6 is 11.6 Å². The Hall–Kier alpha value is -0.770. The first-order valence-electron chi connectivity index (χ1n) is 7.25. The molecule has 0 amide bonds. The maximum absolute atomic E-state index is 6.40. The summed E-state index contributed by atoms with van der Waals surface area (Å²) in [5, 5.41) is 4.27. The van der Waals surface area contributed by atoms with Crippen molar-refractivity contribution in [3.05, 3.63) is 28.8 Å². The van der Waals surface area contributed by atoms with Gasteiger partial charge in [-0.3, -0.25) is 0 Å². The van der Waals surface area contributed by atoms with Crippen LogP contribution in [0.3, 0.4) is 0 Å². The standard InChI is InChI=1S/C16H28ClN3/c1-13(2)11-18-12-14-6-7-16(15(17)10-14)20(5)9-8-19(3)4/h6-7,10,13,18H,8-9,11-12H2,1-5H3. The van der Waals surface area contributed by atoms with E-state index in [0.29, 0.717) is 5.92 Å². The lowest BCUT2D eigenvalue weighted by Crippen LogP contribution is -2.28. The first-order chi connectivity index (χ1) is 9.40. The number of hydrogen-bond donors (Lipinski definition) is 1. The zero-order valence-electron chi connectivity index (χ0n) is 13.4. The minimum Gasteiger partial charge on any atom is -0.372 e. The van der Waals surface area contributed by atoms with Crippen LogP contribution in [-0.4, -0.2) is 45.7 Å². The fourth-order valence-corrected chi connectivity index (χ4v) is 2.29. The molecule has 0 aliphatic rings. The molecule has 0 spiro atoms. The third-order valence-corrected chi connectivity index (χ3v) is 3.49. The molecule has 1 aromatic rings. The maximum atomic E-state index is 6.40. The van der Waals surface area contributed by atoms with E-state index < -0.39 is 0 Å². The van der Waals surface area contributed by atoms with E-state index in [0.717, 1.165) is 36.9 Å². The Labute approximate surface area is 128 Å². The van der Waals surface area contributed by atoms with E-state index >= 15 is 0 Å². The Kier molecular flexibility index (Phi) is 7.35. The molecule has 20 heavy (non-hydrogen) atoms. The van der Waals surface area contributed by atoms with E-state index in [1.54, 1.807) is 0 Å². The quantitative estimate of drug-likeness (QED) is 0.795. The fraction of sp³-hybridized carbons (Fsp3) is 0.625. The summed E-state index contributed by atoms with van der Waals surface area (Å²) < 4.78 is 0. The van der Waals surface area contributed by atoms with Crippen LogP contribution in [0.15, 0.2) is 18.2 Å². The first-order valence-corrected chi connectivity index (χ1v) is 7.63. The molecular formula is C16H28ClN3. The van der Waals surface area contributed by atoms with Crippen LogP contribution in [0.2, 0.25) is 5.02 Å². The van der Waals surface area contributed by atoms with Crippen molar-refractivity contribution in [3.63, 3.8) is 0 Å². The van der Waals surface area contributed by atoms with Gasteiger partial charge in [0.1, 0.15) is 0 Å². The Balaban J connectivity index is 2.58. The lowest BCUT2D eigenvalue weighted by atomic mass is 10.1. The molecule has 1 aromatic carbocycles. The topological polar surface area (TPSA) is 18.5 Å². The van der Waals surface area contributed by atoms with Gasteiger partial charge in [0.2, 0.25) is 0 Å². The number of rotatable bonds is 8. The predicted octanol–water partition coefficient (Wildman–Crippen LogP) is 3.08. The molecule has 114 valence electrons. The number of likely N-dealkylation sites (N-methyl/N-ethyl adjacent to an activating group) is 2. The summed E-state index contributed by atoms with van der Waals surface area (Å²) in [5.41, 5.74) is 2.33. The minimum absolute atomic E-state index is 0.668. The Morgan fingerprint density at radius 2 is 1.85 bits per heavy atom. The number of halogens is 1. The van der Waals surface area contributed by atoms with Gasteiger partial charge in [0, 0.05) is 26.7 Å². The molecule has 3 nitrogen and oxygen atoms in total. The highest BCUT2D eigenvalue weighted by molar-refractivity contribution is 6.33. The molecule has 0 aromatic heterocycles. The Morgan fingerprint density at radius 3 is 2.40 bits per heavy atom. The second-order valence-electron chi connectivity index (χ2n) is 6.04. The number of nitrogens with zero attached hydrogens (tertiary/aromatic N) is 2. The van der Waals surface area contributed by atoms with Gasteiger partial charge in [0.15, 0.2) is 0 Å². The van der Waals surface area contributed by atoms with Crippen molar-refractivity contribution in [1.29, 1.82) is 0 Å². The summed E-state index contributed by atoms with van der Waals surface area (Å²) in [6.07, 6.45) is 0. The summed E-state index contributed by atoms with van der Waals surface area (Å²) in [7, 11) is 6.25. The summed E-state index contributed by atoms with van der Waals surface area (Å²) in [6, 6.07) is 6.33. The van der Waals surface area contributed by atoms with Crippen molar-refractivity contribution in [2.24, 2.45) is 5.92 Å². The van der Waals surface area contributed by atoms with E-state index in [9.17, 15) is 0 Å². The molecule has 0 bridgehead atoms.